The molecule has 2 nitrogen and oxygen atoms in total. The highest BCUT2D eigenvalue weighted by Gasteiger charge is 2.11. The van der Waals surface area contributed by atoms with Crippen LogP contribution in [-0.4, -0.2) is 17.8 Å². The smallest absolute Gasteiger partial charge is 0.0585 e. The molecule has 2 unspecified atom stereocenters. The van der Waals surface area contributed by atoms with Gasteiger partial charge in [-0.05, 0) is 17.9 Å². The first kappa shape index (κ1) is 10.2. The number of benzene rings is 1. The van der Waals surface area contributed by atoms with E-state index in [1.807, 2.05) is 18.2 Å². The first-order valence-electron chi connectivity index (χ1n) is 4.64. The van der Waals surface area contributed by atoms with Gasteiger partial charge in [-0.25, -0.2) is 0 Å². The summed E-state index contributed by atoms with van der Waals surface area (Å²) in [6.45, 7) is 2.13. The van der Waals surface area contributed by atoms with Gasteiger partial charge in [-0.3, -0.25) is 0 Å². The Bertz CT molecular complexity index is 235. The highest BCUT2D eigenvalue weighted by molar-refractivity contribution is 5.15. The third-order valence-electron chi connectivity index (χ3n) is 2.34. The molecule has 0 aliphatic carbocycles. The number of aliphatic hydroxyl groups is 1. The Balaban J connectivity index is 2.50. The molecule has 3 N–H and O–H groups in total. The van der Waals surface area contributed by atoms with Crippen LogP contribution in [0.15, 0.2) is 30.3 Å². The van der Waals surface area contributed by atoms with Crippen LogP contribution in [0.4, 0.5) is 0 Å². The molecule has 0 aromatic heterocycles. The van der Waals surface area contributed by atoms with Crippen LogP contribution >= 0.6 is 0 Å². The van der Waals surface area contributed by atoms with Gasteiger partial charge in [-0.2, -0.15) is 0 Å². The molecule has 0 fully saturated rings. The zero-order valence-corrected chi connectivity index (χ0v) is 7.98. The lowest BCUT2D eigenvalue weighted by Gasteiger charge is -2.17. The summed E-state index contributed by atoms with van der Waals surface area (Å²) in [5.41, 5.74) is 6.99. The molecule has 0 saturated carbocycles. The van der Waals surface area contributed by atoms with E-state index in [1.165, 1.54) is 5.56 Å². The second-order valence-electron chi connectivity index (χ2n) is 3.51. The third-order valence-corrected chi connectivity index (χ3v) is 2.34. The van der Waals surface area contributed by atoms with Crippen LogP contribution in [0.2, 0.25) is 0 Å². The summed E-state index contributed by atoms with van der Waals surface area (Å²) >= 11 is 0. The van der Waals surface area contributed by atoms with Gasteiger partial charge >= 0.3 is 0 Å². The second-order valence-corrected chi connectivity index (χ2v) is 3.51. The van der Waals surface area contributed by atoms with Crippen LogP contribution < -0.4 is 5.73 Å². The average molecular weight is 179 g/mol. The lowest BCUT2D eigenvalue weighted by atomic mass is 9.95. The summed E-state index contributed by atoms with van der Waals surface area (Å²) in [6.07, 6.45) is 0.933. The Morgan fingerprint density at radius 2 is 1.92 bits per heavy atom. The summed E-state index contributed by atoms with van der Waals surface area (Å²) < 4.78 is 0. The van der Waals surface area contributed by atoms with Crippen molar-refractivity contribution >= 4 is 0 Å². The Morgan fingerprint density at radius 1 is 1.31 bits per heavy atom. The fraction of sp³-hybridized carbons (Fsp3) is 0.455. The van der Waals surface area contributed by atoms with Crippen molar-refractivity contribution in [3.8, 4) is 0 Å². The monoisotopic (exact) mass is 179 g/mol. The van der Waals surface area contributed by atoms with Crippen molar-refractivity contribution in [2.45, 2.75) is 19.4 Å². The maximum atomic E-state index is 8.86. The number of hydrogen-bond donors (Lipinski definition) is 2. The van der Waals surface area contributed by atoms with Crippen LogP contribution in [0.3, 0.4) is 0 Å². The maximum Gasteiger partial charge on any atom is 0.0585 e. The van der Waals surface area contributed by atoms with Gasteiger partial charge in [0.2, 0.25) is 0 Å². The van der Waals surface area contributed by atoms with Crippen molar-refractivity contribution in [2.24, 2.45) is 11.7 Å². The van der Waals surface area contributed by atoms with Gasteiger partial charge in [-0.1, -0.05) is 37.3 Å². The van der Waals surface area contributed by atoms with Gasteiger partial charge in [0, 0.05) is 6.04 Å². The molecular formula is C11H17NO. The Morgan fingerprint density at radius 3 is 2.46 bits per heavy atom. The van der Waals surface area contributed by atoms with Crippen molar-refractivity contribution in [1.29, 1.82) is 0 Å². The third kappa shape index (κ3) is 3.17. The van der Waals surface area contributed by atoms with E-state index >= 15 is 0 Å². The number of rotatable bonds is 4. The van der Waals surface area contributed by atoms with Crippen molar-refractivity contribution in [1.82, 2.24) is 0 Å². The van der Waals surface area contributed by atoms with Gasteiger partial charge in [0.15, 0.2) is 0 Å². The van der Waals surface area contributed by atoms with E-state index in [4.69, 9.17) is 10.8 Å². The van der Waals surface area contributed by atoms with Crippen LogP contribution in [-0.2, 0) is 6.42 Å². The van der Waals surface area contributed by atoms with E-state index in [9.17, 15) is 0 Å². The minimum atomic E-state index is -0.111. The molecule has 2 heteroatoms. The van der Waals surface area contributed by atoms with Crippen molar-refractivity contribution < 1.29 is 5.11 Å². The summed E-state index contributed by atoms with van der Waals surface area (Å²) in [6, 6.07) is 10.1. The van der Waals surface area contributed by atoms with Crippen molar-refractivity contribution in [2.75, 3.05) is 6.61 Å². The normalized spacial score (nSPS) is 15.3. The predicted molar refractivity (Wildman–Crippen MR) is 54.4 cm³/mol. The molecular weight excluding hydrogens is 162 g/mol. The molecule has 0 saturated heterocycles. The Hall–Kier alpha value is -0.860. The zero-order valence-electron chi connectivity index (χ0n) is 7.98. The lowest BCUT2D eigenvalue weighted by Crippen LogP contribution is -2.33. The molecule has 0 radical (unpaired) electrons. The molecule has 0 aliphatic heterocycles. The Labute approximate surface area is 79.4 Å². The predicted octanol–water partition coefficient (Wildman–Crippen LogP) is 1.18. The summed E-state index contributed by atoms with van der Waals surface area (Å²) in [5, 5.41) is 8.86. The second kappa shape index (κ2) is 5.00. The molecule has 1 aromatic carbocycles. The van der Waals surface area contributed by atoms with E-state index in [0.29, 0.717) is 5.92 Å². The van der Waals surface area contributed by atoms with Crippen LogP contribution in [0.5, 0.6) is 0 Å². The molecule has 0 bridgehead atoms. The summed E-state index contributed by atoms with van der Waals surface area (Å²) in [7, 11) is 0. The molecule has 72 valence electrons. The van der Waals surface area contributed by atoms with E-state index in [2.05, 4.69) is 19.1 Å². The molecule has 1 aromatic rings. The largest absolute Gasteiger partial charge is 0.395 e. The maximum absolute atomic E-state index is 8.86. The lowest BCUT2D eigenvalue weighted by molar-refractivity contribution is 0.232. The molecule has 1 rings (SSSR count). The van der Waals surface area contributed by atoms with Crippen LogP contribution in [0.1, 0.15) is 12.5 Å². The quantitative estimate of drug-likeness (QED) is 0.729. The summed E-state index contributed by atoms with van der Waals surface area (Å²) in [4.78, 5) is 0. The molecule has 2 atom stereocenters. The number of nitrogens with two attached hydrogens (primary N) is 1. The highest BCUT2D eigenvalue weighted by Crippen LogP contribution is 2.10. The van der Waals surface area contributed by atoms with Crippen LogP contribution in [0, 0.1) is 5.92 Å². The Kier molecular flexibility index (Phi) is 3.93. The van der Waals surface area contributed by atoms with Crippen molar-refractivity contribution in [3.63, 3.8) is 0 Å². The number of hydrogen-bond acceptors (Lipinski definition) is 2. The molecule has 13 heavy (non-hydrogen) atoms. The molecule has 0 aliphatic rings. The minimum Gasteiger partial charge on any atom is -0.395 e. The van der Waals surface area contributed by atoms with Gasteiger partial charge < -0.3 is 10.8 Å². The highest BCUT2D eigenvalue weighted by atomic mass is 16.3. The van der Waals surface area contributed by atoms with E-state index in [0.717, 1.165) is 6.42 Å². The standard InChI is InChI=1S/C11H17NO/c1-9(11(12)8-13)7-10-5-3-2-4-6-10/h2-6,9,11,13H,7-8,12H2,1H3. The van der Waals surface area contributed by atoms with Gasteiger partial charge in [-0.15, -0.1) is 0 Å². The fourth-order valence-electron chi connectivity index (χ4n) is 1.32. The molecule has 0 spiro atoms. The van der Waals surface area contributed by atoms with E-state index < -0.39 is 0 Å². The average Bonchev–Trinajstić information content (AvgIpc) is 2.18. The van der Waals surface area contributed by atoms with Gasteiger partial charge in [0.25, 0.3) is 0 Å². The summed E-state index contributed by atoms with van der Waals surface area (Å²) in [5.74, 6) is 0.326. The first-order valence-corrected chi connectivity index (χ1v) is 4.64. The SMILES string of the molecule is CC(Cc1ccccc1)C(N)CO. The van der Waals surface area contributed by atoms with Crippen LogP contribution in [0.25, 0.3) is 0 Å². The minimum absolute atomic E-state index is 0.0635. The fourth-order valence-corrected chi connectivity index (χ4v) is 1.32. The van der Waals surface area contributed by atoms with Gasteiger partial charge in [0.05, 0.1) is 6.61 Å². The molecule has 0 amide bonds. The molecule has 0 heterocycles. The topological polar surface area (TPSA) is 46.2 Å². The first-order chi connectivity index (χ1) is 6.24. The van der Waals surface area contributed by atoms with E-state index in [1.54, 1.807) is 0 Å². The van der Waals surface area contributed by atoms with E-state index in [-0.39, 0.29) is 12.6 Å². The van der Waals surface area contributed by atoms with Gasteiger partial charge in [0.1, 0.15) is 0 Å². The zero-order chi connectivity index (χ0) is 9.68. The van der Waals surface area contributed by atoms with Crippen molar-refractivity contribution in [3.05, 3.63) is 35.9 Å². The number of aliphatic hydroxyl groups excluding tert-OH is 1.